The van der Waals surface area contributed by atoms with Crippen LogP contribution in [0.25, 0.3) is 6.08 Å². The number of amides is 2. The van der Waals surface area contributed by atoms with Crippen LogP contribution >= 0.6 is 11.8 Å². The Morgan fingerprint density at radius 1 is 1.06 bits per heavy atom. The molecule has 2 aliphatic heterocycles. The zero-order valence-corrected chi connectivity index (χ0v) is 18.5. The summed E-state index contributed by atoms with van der Waals surface area (Å²) in [5.41, 5.74) is 2.15. The lowest BCUT2D eigenvalue weighted by molar-refractivity contribution is -0.114. The molecule has 31 heavy (non-hydrogen) atoms. The standard InChI is InChI=1S/C23H24N2O5S/c1-24-17-14-16(22(26)25-8-10-30-11-9-25)5-7-20(17)31-21(23(24)27)13-15-4-6-18(28-2)19(12-15)29-3/h4-7,12-14H,8-11H2,1-3H3. The number of anilines is 1. The van der Waals surface area contributed by atoms with Gasteiger partial charge in [0.25, 0.3) is 11.8 Å². The highest BCUT2D eigenvalue weighted by Crippen LogP contribution is 2.42. The molecular formula is C23H24N2O5S. The summed E-state index contributed by atoms with van der Waals surface area (Å²) < 4.78 is 16.0. The second-order valence-electron chi connectivity index (χ2n) is 7.18. The Morgan fingerprint density at radius 3 is 2.52 bits per heavy atom. The second-order valence-corrected chi connectivity index (χ2v) is 8.26. The summed E-state index contributed by atoms with van der Waals surface area (Å²) in [5.74, 6) is 1.07. The van der Waals surface area contributed by atoms with E-state index in [0.717, 1.165) is 16.1 Å². The van der Waals surface area contributed by atoms with Gasteiger partial charge >= 0.3 is 0 Å². The molecule has 2 aliphatic rings. The molecule has 7 nitrogen and oxygen atoms in total. The van der Waals surface area contributed by atoms with Gasteiger partial charge in [-0.05, 0) is 42.0 Å². The van der Waals surface area contributed by atoms with Crippen molar-refractivity contribution in [2.45, 2.75) is 4.90 Å². The molecule has 0 N–H and O–H groups in total. The van der Waals surface area contributed by atoms with Gasteiger partial charge in [-0.25, -0.2) is 0 Å². The van der Waals surface area contributed by atoms with Crippen molar-refractivity contribution in [3.05, 3.63) is 52.4 Å². The van der Waals surface area contributed by atoms with Crippen LogP contribution in [0.15, 0.2) is 46.2 Å². The molecule has 0 atom stereocenters. The number of methoxy groups -OCH3 is 2. The van der Waals surface area contributed by atoms with Crippen LogP contribution in [-0.4, -0.2) is 64.3 Å². The van der Waals surface area contributed by atoms with Crippen molar-refractivity contribution in [1.82, 2.24) is 4.90 Å². The molecule has 2 aromatic rings. The minimum atomic E-state index is -0.122. The highest BCUT2D eigenvalue weighted by molar-refractivity contribution is 8.04. The number of thioether (sulfide) groups is 1. The number of benzene rings is 2. The Kier molecular flexibility index (Phi) is 6.20. The summed E-state index contributed by atoms with van der Waals surface area (Å²) >= 11 is 1.40. The smallest absolute Gasteiger partial charge is 0.264 e. The van der Waals surface area contributed by atoms with Gasteiger partial charge in [-0.3, -0.25) is 9.59 Å². The summed E-state index contributed by atoms with van der Waals surface area (Å²) in [7, 11) is 4.89. The molecule has 0 spiro atoms. The third-order valence-electron chi connectivity index (χ3n) is 5.31. The number of carbonyl (C=O) groups is 2. The average Bonchev–Trinajstić information content (AvgIpc) is 2.82. The third-order valence-corrected chi connectivity index (χ3v) is 6.38. The van der Waals surface area contributed by atoms with Crippen molar-refractivity contribution in [1.29, 1.82) is 0 Å². The van der Waals surface area contributed by atoms with E-state index in [-0.39, 0.29) is 11.8 Å². The van der Waals surface area contributed by atoms with Crippen LogP contribution in [0.2, 0.25) is 0 Å². The molecule has 0 unspecified atom stereocenters. The SMILES string of the molecule is COc1ccc(C=C2Sc3ccc(C(=O)N4CCOCC4)cc3N(C)C2=O)cc1OC. The highest BCUT2D eigenvalue weighted by Gasteiger charge is 2.28. The number of carbonyl (C=O) groups excluding carboxylic acids is 2. The molecule has 0 saturated carbocycles. The Labute approximate surface area is 185 Å². The number of ether oxygens (including phenoxy) is 3. The predicted molar refractivity (Wildman–Crippen MR) is 120 cm³/mol. The lowest BCUT2D eigenvalue weighted by Gasteiger charge is -2.29. The molecule has 8 heteroatoms. The fraction of sp³-hybridized carbons (Fsp3) is 0.304. The summed E-state index contributed by atoms with van der Waals surface area (Å²) in [6, 6.07) is 11.0. The molecule has 0 radical (unpaired) electrons. The maximum absolute atomic E-state index is 13.0. The molecule has 2 amide bonds. The maximum atomic E-state index is 13.0. The van der Waals surface area contributed by atoms with Crippen LogP contribution in [-0.2, 0) is 9.53 Å². The quantitative estimate of drug-likeness (QED) is 0.680. The van der Waals surface area contributed by atoms with Gasteiger partial charge in [0.15, 0.2) is 11.5 Å². The van der Waals surface area contributed by atoms with E-state index in [1.54, 1.807) is 37.1 Å². The number of likely N-dealkylation sites (N-methyl/N-ethyl adjacent to an activating group) is 1. The second kappa shape index (κ2) is 9.03. The molecule has 2 heterocycles. The molecule has 4 rings (SSSR count). The van der Waals surface area contributed by atoms with E-state index in [1.807, 2.05) is 36.4 Å². The largest absolute Gasteiger partial charge is 0.493 e. The van der Waals surface area contributed by atoms with Crippen molar-refractivity contribution in [3.63, 3.8) is 0 Å². The first-order chi connectivity index (χ1) is 15.0. The monoisotopic (exact) mass is 440 g/mol. The van der Waals surface area contributed by atoms with Crippen molar-refractivity contribution in [2.75, 3.05) is 52.5 Å². The first-order valence-corrected chi connectivity index (χ1v) is 10.7. The number of hydrogen-bond acceptors (Lipinski definition) is 6. The summed E-state index contributed by atoms with van der Waals surface area (Å²) in [6.45, 7) is 2.26. The first-order valence-electron chi connectivity index (χ1n) is 9.92. The summed E-state index contributed by atoms with van der Waals surface area (Å²) in [4.78, 5) is 30.7. The normalized spacial score (nSPS) is 17.5. The topological polar surface area (TPSA) is 68.3 Å². The maximum Gasteiger partial charge on any atom is 0.264 e. The average molecular weight is 441 g/mol. The van der Waals surface area contributed by atoms with Gasteiger partial charge in [0.1, 0.15) is 0 Å². The first kappa shape index (κ1) is 21.3. The summed E-state index contributed by atoms with van der Waals surface area (Å²) in [5, 5.41) is 0. The molecule has 0 aromatic heterocycles. The minimum absolute atomic E-state index is 0.0383. The van der Waals surface area contributed by atoms with Crippen LogP contribution in [0.5, 0.6) is 11.5 Å². The minimum Gasteiger partial charge on any atom is -0.493 e. The van der Waals surface area contributed by atoms with Crippen LogP contribution in [0.1, 0.15) is 15.9 Å². The van der Waals surface area contributed by atoms with Crippen molar-refractivity contribution >= 4 is 35.3 Å². The zero-order chi connectivity index (χ0) is 22.0. The number of rotatable bonds is 4. The molecule has 1 saturated heterocycles. The van der Waals surface area contributed by atoms with Gasteiger partial charge in [-0.2, -0.15) is 0 Å². The van der Waals surface area contributed by atoms with E-state index < -0.39 is 0 Å². The molecule has 2 aromatic carbocycles. The van der Waals surface area contributed by atoms with E-state index in [0.29, 0.717) is 48.3 Å². The van der Waals surface area contributed by atoms with Gasteiger partial charge in [-0.15, -0.1) is 0 Å². The van der Waals surface area contributed by atoms with Crippen molar-refractivity contribution < 1.29 is 23.8 Å². The zero-order valence-electron chi connectivity index (χ0n) is 17.7. The van der Waals surface area contributed by atoms with E-state index in [2.05, 4.69) is 0 Å². The molecule has 0 bridgehead atoms. The molecule has 0 aliphatic carbocycles. The van der Waals surface area contributed by atoms with E-state index in [1.165, 1.54) is 11.8 Å². The Bertz CT molecular complexity index is 1050. The van der Waals surface area contributed by atoms with Gasteiger partial charge in [0.05, 0.1) is 38.0 Å². The van der Waals surface area contributed by atoms with Gasteiger partial charge in [-0.1, -0.05) is 17.8 Å². The fourth-order valence-electron chi connectivity index (χ4n) is 3.57. The van der Waals surface area contributed by atoms with E-state index in [9.17, 15) is 9.59 Å². The Balaban J connectivity index is 1.61. The van der Waals surface area contributed by atoms with E-state index in [4.69, 9.17) is 14.2 Å². The Hall–Kier alpha value is -2.97. The van der Waals surface area contributed by atoms with Crippen molar-refractivity contribution in [2.24, 2.45) is 0 Å². The van der Waals surface area contributed by atoms with E-state index >= 15 is 0 Å². The third kappa shape index (κ3) is 4.26. The van der Waals surface area contributed by atoms with Crippen LogP contribution < -0.4 is 14.4 Å². The highest BCUT2D eigenvalue weighted by atomic mass is 32.2. The van der Waals surface area contributed by atoms with Gasteiger partial charge in [0.2, 0.25) is 0 Å². The fourth-order valence-corrected chi connectivity index (χ4v) is 4.66. The molecule has 162 valence electrons. The molecule has 1 fully saturated rings. The number of fused-ring (bicyclic) bond motifs is 1. The lowest BCUT2D eigenvalue weighted by Crippen LogP contribution is -2.40. The number of morpholine rings is 1. The predicted octanol–water partition coefficient (Wildman–Crippen LogP) is 3.29. The van der Waals surface area contributed by atoms with Gasteiger partial charge < -0.3 is 24.0 Å². The van der Waals surface area contributed by atoms with Crippen LogP contribution in [0.4, 0.5) is 5.69 Å². The number of nitrogens with zero attached hydrogens (tertiary/aromatic N) is 2. The van der Waals surface area contributed by atoms with Gasteiger partial charge in [0, 0.05) is 30.6 Å². The lowest BCUT2D eigenvalue weighted by atomic mass is 10.1. The van der Waals surface area contributed by atoms with Crippen LogP contribution in [0, 0.1) is 0 Å². The summed E-state index contributed by atoms with van der Waals surface area (Å²) in [6.07, 6.45) is 1.83. The molecular weight excluding hydrogens is 416 g/mol. The van der Waals surface area contributed by atoms with Crippen LogP contribution in [0.3, 0.4) is 0 Å². The van der Waals surface area contributed by atoms with Crippen molar-refractivity contribution in [3.8, 4) is 11.5 Å². The Morgan fingerprint density at radius 2 is 1.81 bits per heavy atom. The number of hydrogen-bond donors (Lipinski definition) is 0.